The Hall–Kier alpha value is -6.41. The summed E-state index contributed by atoms with van der Waals surface area (Å²) in [5, 5.41) is 32.7. The lowest BCUT2D eigenvalue weighted by Crippen LogP contribution is -2.16. The fraction of sp³-hybridized carbons (Fsp3) is 0.225. The van der Waals surface area contributed by atoms with Crippen molar-refractivity contribution >= 4 is 41.0 Å². The van der Waals surface area contributed by atoms with Gasteiger partial charge < -0.3 is 40.8 Å². The molecule has 11 nitrogen and oxygen atoms in total. The number of nitrogens with zero attached hydrogens (tertiary/aromatic N) is 3. The lowest BCUT2D eigenvalue weighted by molar-refractivity contribution is 0.182. The highest BCUT2D eigenvalue weighted by Gasteiger charge is 2.24. The van der Waals surface area contributed by atoms with Crippen LogP contribution >= 0.6 is 0 Å². The molecule has 2 aromatic heterocycles. The number of methoxy groups -OCH3 is 2. The third-order valence-corrected chi connectivity index (χ3v) is 8.69. The van der Waals surface area contributed by atoms with Crippen LogP contribution in [0.5, 0.6) is 23.3 Å². The van der Waals surface area contributed by atoms with E-state index in [0.717, 1.165) is 64.3 Å². The van der Waals surface area contributed by atoms with Crippen LogP contribution in [0, 0.1) is 37.7 Å². The molecule has 11 heteroatoms. The van der Waals surface area contributed by atoms with Crippen molar-refractivity contribution in [3.8, 4) is 29.3 Å². The number of rotatable bonds is 10. The molecule has 0 aliphatic heterocycles. The van der Waals surface area contributed by atoms with Gasteiger partial charge in [0.15, 0.2) is 6.07 Å². The standard InChI is InChI=1S/C40H39N7O4/c1-23-11-28(20-41)33(18-35(23)48)46-31-15-38(47-40(17-31)50-5)43-22-26-9-10-32-27(14-26)7-6-8-36(32)51-37-19-34(29(21-42)12-24(37)2)45-30-13-25(3)44-39(16-30)49-4/h9-21,36H,6-8H2,1-5H3,(H4-,41,42,44,45,46,47,48)/p+1/t36-/m0/s1. The molecule has 5 N–H and O–H groups in total. The van der Waals surface area contributed by atoms with Gasteiger partial charge in [0, 0.05) is 58.1 Å². The summed E-state index contributed by atoms with van der Waals surface area (Å²) in [6.07, 6.45) is 5.19. The van der Waals surface area contributed by atoms with Crippen LogP contribution in [-0.2, 0) is 6.42 Å². The Morgan fingerprint density at radius 2 is 1.49 bits per heavy atom. The molecule has 0 saturated carbocycles. The predicted octanol–water partition coefficient (Wildman–Crippen LogP) is 9.08. The molecule has 0 amide bonds. The van der Waals surface area contributed by atoms with Crippen LogP contribution in [0.3, 0.4) is 0 Å². The van der Waals surface area contributed by atoms with E-state index in [1.54, 1.807) is 38.3 Å². The van der Waals surface area contributed by atoms with Gasteiger partial charge in [-0.2, -0.15) is 0 Å². The fourth-order valence-electron chi connectivity index (χ4n) is 6.10. The number of phenols is 1. The Labute approximate surface area is 297 Å². The molecular weight excluding hydrogens is 642 g/mol. The normalized spacial score (nSPS) is 13.2. The van der Waals surface area contributed by atoms with E-state index in [-0.39, 0.29) is 11.9 Å². The number of anilines is 4. The summed E-state index contributed by atoms with van der Waals surface area (Å²) in [5.41, 5.74) is 9.71. The summed E-state index contributed by atoms with van der Waals surface area (Å²) in [4.78, 5) is 13.4. The van der Waals surface area contributed by atoms with Crippen LogP contribution in [0.2, 0.25) is 0 Å². The number of hydrogen-bond donors (Lipinski definition) is 5. The number of aromatic nitrogens is 2. The van der Waals surface area contributed by atoms with Crippen LogP contribution in [0.25, 0.3) is 4.85 Å². The van der Waals surface area contributed by atoms with Gasteiger partial charge in [0.25, 0.3) is 0 Å². The topological polar surface area (TPSA) is 150 Å². The second kappa shape index (κ2) is 15.0. The Morgan fingerprint density at radius 3 is 2.20 bits per heavy atom. The quantitative estimate of drug-likeness (QED) is 0.0916. The molecule has 1 aliphatic rings. The van der Waals surface area contributed by atoms with E-state index in [4.69, 9.17) is 25.0 Å². The number of aryl methyl sites for hydroxylation is 4. The number of ether oxygens (including phenoxy) is 3. The van der Waals surface area contributed by atoms with Gasteiger partial charge in [-0.05, 0) is 92.6 Å². The molecule has 0 fully saturated rings. The molecule has 1 aliphatic carbocycles. The van der Waals surface area contributed by atoms with E-state index >= 15 is 0 Å². The maximum Gasteiger partial charge on any atom is 0.431 e. The van der Waals surface area contributed by atoms with Crippen molar-refractivity contribution in [3.63, 3.8) is 0 Å². The smallest absolute Gasteiger partial charge is 0.431 e. The maximum absolute atomic E-state index is 10.2. The second-order valence-corrected chi connectivity index (χ2v) is 12.4. The first-order chi connectivity index (χ1) is 24.7. The first kappa shape index (κ1) is 34.5. The van der Waals surface area contributed by atoms with Crippen molar-refractivity contribution in [2.24, 2.45) is 0 Å². The van der Waals surface area contributed by atoms with Gasteiger partial charge in [0.05, 0.1) is 49.0 Å². The molecular formula is C40H40N7O4+. The van der Waals surface area contributed by atoms with Crippen LogP contribution in [0.1, 0.15) is 63.6 Å². The molecule has 1 atom stereocenters. The van der Waals surface area contributed by atoms with E-state index < -0.39 is 0 Å². The molecule has 6 rings (SSSR count). The average Bonchev–Trinajstić information content (AvgIpc) is 3.13. The first-order valence-corrected chi connectivity index (χ1v) is 16.5. The monoisotopic (exact) mass is 682 g/mol. The molecule has 0 radical (unpaired) electrons. The predicted molar refractivity (Wildman–Crippen MR) is 201 cm³/mol. The highest BCUT2D eigenvalue weighted by atomic mass is 16.5. The summed E-state index contributed by atoms with van der Waals surface area (Å²) in [5.74, 6) is 2.13. The van der Waals surface area contributed by atoms with Gasteiger partial charge in [0.2, 0.25) is 5.88 Å². The van der Waals surface area contributed by atoms with Crippen LogP contribution in [0.15, 0.2) is 66.7 Å². The third-order valence-electron chi connectivity index (χ3n) is 8.69. The number of benzene rings is 3. The minimum Gasteiger partial charge on any atom is -0.508 e. The zero-order chi connectivity index (χ0) is 36.1. The van der Waals surface area contributed by atoms with E-state index in [1.165, 1.54) is 25.1 Å². The van der Waals surface area contributed by atoms with Crippen LogP contribution in [0.4, 0.5) is 28.6 Å². The number of nitrogens with one attached hydrogen (secondary N) is 4. The minimum atomic E-state index is -0.138. The van der Waals surface area contributed by atoms with Crippen molar-refractivity contribution in [2.45, 2.75) is 46.1 Å². The maximum atomic E-state index is 10.2. The molecule has 2 heterocycles. The van der Waals surface area contributed by atoms with Crippen molar-refractivity contribution in [1.29, 1.82) is 10.8 Å². The SMILES string of the molecule is COc1cc(Nc2cc(O[C@H]3CCCc4cc(C#[N+]c5cc(Nc6cc(O)c(C)cc6C=N)cc(OC)n5)ccc43)c(C)cc2C=N)cc(C)n1. The molecule has 258 valence electrons. The van der Waals surface area contributed by atoms with Crippen molar-refractivity contribution in [3.05, 3.63) is 116 Å². The summed E-state index contributed by atoms with van der Waals surface area (Å²) in [7, 11) is 3.12. The Kier molecular flexibility index (Phi) is 10.1. The molecule has 51 heavy (non-hydrogen) atoms. The summed E-state index contributed by atoms with van der Waals surface area (Å²) < 4.78 is 17.5. The Morgan fingerprint density at radius 1 is 0.824 bits per heavy atom. The highest BCUT2D eigenvalue weighted by molar-refractivity contribution is 5.89. The molecule has 0 unspecified atom stereocenters. The Bertz CT molecular complexity index is 2210. The summed E-state index contributed by atoms with van der Waals surface area (Å²) >= 11 is 0. The molecule has 3 aromatic carbocycles. The Balaban J connectivity index is 1.23. The van der Waals surface area contributed by atoms with Gasteiger partial charge in [-0.3, -0.25) is 0 Å². The highest BCUT2D eigenvalue weighted by Crippen LogP contribution is 2.38. The van der Waals surface area contributed by atoms with E-state index in [1.807, 2.05) is 44.2 Å². The van der Waals surface area contributed by atoms with Gasteiger partial charge >= 0.3 is 11.7 Å². The molecule has 0 spiro atoms. The number of phenolic OH excluding ortho intramolecular Hbond substituents is 1. The van der Waals surface area contributed by atoms with Gasteiger partial charge in [-0.15, -0.1) is 4.85 Å². The zero-order valence-corrected chi connectivity index (χ0v) is 29.2. The minimum absolute atomic E-state index is 0.130. The fourth-order valence-corrected chi connectivity index (χ4v) is 6.10. The number of aromatic hydroxyl groups is 1. The van der Waals surface area contributed by atoms with Gasteiger partial charge in [-0.1, -0.05) is 6.07 Å². The third kappa shape index (κ3) is 7.92. The zero-order valence-electron chi connectivity index (χ0n) is 29.2. The van der Waals surface area contributed by atoms with Gasteiger partial charge in [-0.25, -0.2) is 4.98 Å². The van der Waals surface area contributed by atoms with Crippen molar-refractivity contribution < 1.29 is 19.3 Å². The van der Waals surface area contributed by atoms with E-state index in [2.05, 4.69) is 43.6 Å². The second-order valence-electron chi connectivity index (χ2n) is 12.4. The molecule has 5 aromatic rings. The van der Waals surface area contributed by atoms with E-state index in [0.29, 0.717) is 40.1 Å². The summed E-state index contributed by atoms with van der Waals surface area (Å²) in [6.45, 7) is 5.69. The van der Waals surface area contributed by atoms with E-state index in [9.17, 15) is 5.11 Å². The number of fused-ring (bicyclic) bond motifs is 1. The number of hydrogen-bond acceptors (Lipinski definition) is 10. The molecule has 0 saturated heterocycles. The average molecular weight is 683 g/mol. The van der Waals surface area contributed by atoms with Gasteiger partial charge in [0.1, 0.15) is 17.6 Å². The molecule has 0 bridgehead atoms. The first-order valence-electron chi connectivity index (χ1n) is 16.5. The van der Waals surface area contributed by atoms with Crippen LogP contribution < -0.4 is 24.8 Å². The number of pyridine rings is 2. The largest absolute Gasteiger partial charge is 0.508 e. The lowest BCUT2D eigenvalue weighted by Gasteiger charge is -2.27. The lowest BCUT2D eigenvalue weighted by atomic mass is 9.88. The van der Waals surface area contributed by atoms with Crippen molar-refractivity contribution in [1.82, 2.24) is 9.97 Å². The summed E-state index contributed by atoms with van der Waals surface area (Å²) in [6, 6.07) is 23.8. The van der Waals surface area contributed by atoms with Crippen molar-refractivity contribution in [2.75, 3.05) is 24.9 Å². The van der Waals surface area contributed by atoms with Crippen LogP contribution in [-0.4, -0.2) is 41.7 Å².